The highest BCUT2D eigenvalue weighted by atomic mass is 79.9. The molecular weight excluding hydrogens is 396 g/mol. The first-order chi connectivity index (χ1) is 10.1. The molecule has 0 N–H and O–H groups in total. The van der Waals surface area contributed by atoms with Gasteiger partial charge in [0, 0.05) is 10.4 Å². The van der Waals surface area contributed by atoms with E-state index < -0.39 is 0 Å². The van der Waals surface area contributed by atoms with Crippen LogP contribution in [0.1, 0.15) is 62.3 Å². The van der Waals surface area contributed by atoms with Crippen molar-refractivity contribution in [2.24, 2.45) is 0 Å². The number of hydrogen-bond donors (Lipinski definition) is 0. The third-order valence-electron chi connectivity index (χ3n) is 3.65. The van der Waals surface area contributed by atoms with Gasteiger partial charge in [0.1, 0.15) is 11.5 Å². The highest BCUT2D eigenvalue weighted by molar-refractivity contribution is 9.10. The summed E-state index contributed by atoms with van der Waals surface area (Å²) in [6, 6.07) is 4.03. The third kappa shape index (κ3) is 6.19. The van der Waals surface area contributed by atoms with Crippen molar-refractivity contribution >= 4 is 31.9 Å². The standard InChI is InChI=1S/C17H26Br2O2/c1-4-5-6-7-8-9-10-14(18)13-11-17(21-3)15(19)12-16(13)20-2/h11-12,14H,4-10H2,1-3H3. The van der Waals surface area contributed by atoms with Gasteiger partial charge >= 0.3 is 0 Å². The van der Waals surface area contributed by atoms with Crippen molar-refractivity contribution in [3.8, 4) is 11.5 Å². The van der Waals surface area contributed by atoms with Crippen LogP contribution in [0.2, 0.25) is 0 Å². The van der Waals surface area contributed by atoms with Crippen molar-refractivity contribution in [1.29, 1.82) is 0 Å². The summed E-state index contributed by atoms with van der Waals surface area (Å²) in [7, 11) is 3.40. The number of hydrogen-bond acceptors (Lipinski definition) is 2. The molecule has 0 bridgehead atoms. The van der Waals surface area contributed by atoms with E-state index in [0.717, 1.165) is 28.0 Å². The van der Waals surface area contributed by atoms with Crippen molar-refractivity contribution in [2.75, 3.05) is 14.2 Å². The molecule has 2 nitrogen and oxygen atoms in total. The maximum absolute atomic E-state index is 5.49. The number of unbranched alkanes of at least 4 members (excludes halogenated alkanes) is 5. The fourth-order valence-electron chi connectivity index (χ4n) is 2.39. The lowest BCUT2D eigenvalue weighted by Crippen LogP contribution is -1.98. The van der Waals surface area contributed by atoms with Crippen LogP contribution in [0.5, 0.6) is 11.5 Å². The zero-order valence-corrected chi connectivity index (χ0v) is 16.4. The van der Waals surface area contributed by atoms with Gasteiger partial charge in [-0.2, -0.15) is 0 Å². The number of ether oxygens (including phenoxy) is 2. The summed E-state index contributed by atoms with van der Waals surface area (Å²) >= 11 is 7.30. The van der Waals surface area contributed by atoms with Gasteiger partial charge in [-0.05, 0) is 34.5 Å². The molecule has 0 aliphatic heterocycles. The first-order valence-corrected chi connectivity index (χ1v) is 9.40. The zero-order chi connectivity index (χ0) is 15.7. The average molecular weight is 422 g/mol. The Kier molecular flexibility index (Phi) is 9.41. The maximum atomic E-state index is 5.49. The minimum Gasteiger partial charge on any atom is -0.496 e. The molecule has 0 radical (unpaired) electrons. The van der Waals surface area contributed by atoms with Crippen molar-refractivity contribution in [3.63, 3.8) is 0 Å². The minimum atomic E-state index is 0.306. The van der Waals surface area contributed by atoms with Gasteiger partial charge in [-0.15, -0.1) is 0 Å². The average Bonchev–Trinajstić information content (AvgIpc) is 2.50. The normalized spacial score (nSPS) is 12.2. The quantitative estimate of drug-likeness (QED) is 0.310. The summed E-state index contributed by atoms with van der Waals surface area (Å²) < 4.78 is 11.8. The number of methoxy groups -OCH3 is 2. The number of alkyl halides is 1. The Balaban J connectivity index is 2.58. The molecule has 0 aliphatic rings. The van der Waals surface area contributed by atoms with E-state index in [-0.39, 0.29) is 0 Å². The zero-order valence-electron chi connectivity index (χ0n) is 13.3. The summed E-state index contributed by atoms with van der Waals surface area (Å²) in [4.78, 5) is 0.306. The van der Waals surface area contributed by atoms with Crippen LogP contribution in [-0.4, -0.2) is 14.2 Å². The topological polar surface area (TPSA) is 18.5 Å². The molecule has 0 saturated heterocycles. The molecule has 1 unspecified atom stereocenters. The van der Waals surface area contributed by atoms with Crippen LogP contribution in [0.25, 0.3) is 0 Å². The van der Waals surface area contributed by atoms with Gasteiger partial charge in [-0.25, -0.2) is 0 Å². The Morgan fingerprint density at radius 3 is 2.19 bits per heavy atom. The molecule has 1 aromatic rings. The molecule has 21 heavy (non-hydrogen) atoms. The molecule has 0 spiro atoms. The Labute approximate surface area is 145 Å². The predicted molar refractivity (Wildman–Crippen MR) is 96.9 cm³/mol. The number of benzene rings is 1. The first-order valence-electron chi connectivity index (χ1n) is 7.69. The summed E-state index contributed by atoms with van der Waals surface area (Å²) in [5.41, 5.74) is 1.16. The lowest BCUT2D eigenvalue weighted by atomic mass is 10.0. The molecule has 120 valence electrons. The van der Waals surface area contributed by atoms with E-state index in [4.69, 9.17) is 9.47 Å². The Morgan fingerprint density at radius 1 is 0.952 bits per heavy atom. The molecule has 0 saturated carbocycles. The van der Waals surface area contributed by atoms with Crippen LogP contribution in [0.15, 0.2) is 16.6 Å². The van der Waals surface area contributed by atoms with Crippen molar-refractivity contribution < 1.29 is 9.47 Å². The van der Waals surface area contributed by atoms with Gasteiger partial charge in [0.25, 0.3) is 0 Å². The van der Waals surface area contributed by atoms with Crippen LogP contribution in [-0.2, 0) is 0 Å². The minimum absolute atomic E-state index is 0.306. The summed E-state index contributed by atoms with van der Waals surface area (Å²) in [6.07, 6.45) is 9.02. The highest BCUT2D eigenvalue weighted by Crippen LogP contribution is 2.40. The van der Waals surface area contributed by atoms with Crippen LogP contribution in [0.3, 0.4) is 0 Å². The fourth-order valence-corrected chi connectivity index (χ4v) is 3.55. The molecule has 0 amide bonds. The Hall–Kier alpha value is -0.220. The molecule has 4 heteroatoms. The Morgan fingerprint density at radius 2 is 1.57 bits per heavy atom. The second-order valence-electron chi connectivity index (χ2n) is 5.25. The molecule has 0 aliphatic carbocycles. The number of rotatable bonds is 10. The highest BCUT2D eigenvalue weighted by Gasteiger charge is 2.16. The monoisotopic (exact) mass is 420 g/mol. The summed E-state index contributed by atoms with van der Waals surface area (Å²) in [5, 5.41) is 0. The van der Waals surface area contributed by atoms with Gasteiger partial charge in [0.05, 0.1) is 18.7 Å². The van der Waals surface area contributed by atoms with E-state index in [1.54, 1.807) is 14.2 Å². The molecule has 0 fully saturated rings. The Bertz CT molecular complexity index is 421. The van der Waals surface area contributed by atoms with E-state index in [1.807, 2.05) is 6.07 Å². The molecule has 0 heterocycles. The molecule has 1 atom stereocenters. The predicted octanol–water partition coefficient (Wildman–Crippen LogP) is 6.65. The maximum Gasteiger partial charge on any atom is 0.133 e. The fraction of sp³-hybridized carbons (Fsp3) is 0.647. The van der Waals surface area contributed by atoms with Gasteiger partial charge in [0.2, 0.25) is 0 Å². The van der Waals surface area contributed by atoms with Crippen LogP contribution in [0, 0.1) is 0 Å². The largest absolute Gasteiger partial charge is 0.496 e. The van der Waals surface area contributed by atoms with Gasteiger partial charge in [-0.1, -0.05) is 61.4 Å². The van der Waals surface area contributed by atoms with E-state index >= 15 is 0 Å². The second-order valence-corrected chi connectivity index (χ2v) is 7.21. The van der Waals surface area contributed by atoms with E-state index in [9.17, 15) is 0 Å². The lowest BCUT2D eigenvalue weighted by Gasteiger charge is -2.16. The third-order valence-corrected chi connectivity index (χ3v) is 5.22. The van der Waals surface area contributed by atoms with E-state index in [1.165, 1.54) is 38.5 Å². The molecule has 1 rings (SSSR count). The van der Waals surface area contributed by atoms with Crippen LogP contribution in [0.4, 0.5) is 0 Å². The van der Waals surface area contributed by atoms with Crippen molar-refractivity contribution in [1.82, 2.24) is 0 Å². The summed E-state index contributed by atoms with van der Waals surface area (Å²) in [5.74, 6) is 1.74. The van der Waals surface area contributed by atoms with Gasteiger partial charge in [0.15, 0.2) is 0 Å². The van der Waals surface area contributed by atoms with E-state index in [0.29, 0.717) is 4.83 Å². The van der Waals surface area contributed by atoms with Crippen LogP contribution < -0.4 is 9.47 Å². The molecular formula is C17H26Br2O2. The van der Waals surface area contributed by atoms with E-state index in [2.05, 4.69) is 44.8 Å². The first kappa shape index (κ1) is 18.8. The van der Waals surface area contributed by atoms with Gasteiger partial charge in [-0.3, -0.25) is 0 Å². The molecule has 1 aromatic carbocycles. The van der Waals surface area contributed by atoms with Crippen molar-refractivity contribution in [2.45, 2.75) is 56.7 Å². The molecule has 0 aromatic heterocycles. The van der Waals surface area contributed by atoms with Crippen molar-refractivity contribution in [3.05, 3.63) is 22.2 Å². The lowest BCUT2D eigenvalue weighted by molar-refractivity contribution is 0.395. The SMILES string of the molecule is CCCCCCCCC(Br)c1cc(OC)c(Br)cc1OC. The van der Waals surface area contributed by atoms with Gasteiger partial charge < -0.3 is 9.47 Å². The number of halogens is 2. The van der Waals surface area contributed by atoms with Crippen LogP contribution >= 0.6 is 31.9 Å². The smallest absolute Gasteiger partial charge is 0.133 e. The second kappa shape index (κ2) is 10.5. The summed E-state index contributed by atoms with van der Waals surface area (Å²) in [6.45, 7) is 2.25.